The van der Waals surface area contributed by atoms with Crippen molar-refractivity contribution in [3.63, 3.8) is 0 Å². The smallest absolute Gasteiger partial charge is 0.256 e. The van der Waals surface area contributed by atoms with Crippen molar-refractivity contribution in [2.24, 2.45) is 5.92 Å². The second kappa shape index (κ2) is 8.47. The minimum atomic E-state index is -0.187. The number of rotatable bonds is 5. The topological polar surface area (TPSA) is 52.6 Å². The van der Waals surface area contributed by atoms with Gasteiger partial charge in [0.25, 0.3) is 11.8 Å². The molecule has 1 fully saturated rings. The predicted octanol–water partition coefficient (Wildman–Crippen LogP) is 3.41. The second-order valence-corrected chi connectivity index (χ2v) is 7.78. The molecule has 0 radical (unpaired) electrons. The number of piperazine rings is 1. The number of para-hydroxylation sites is 1. The Kier molecular flexibility index (Phi) is 6.06. The van der Waals surface area contributed by atoms with Gasteiger partial charge in [0.2, 0.25) is 0 Å². The van der Waals surface area contributed by atoms with Gasteiger partial charge >= 0.3 is 0 Å². The molecular formula is C20H25N3O2S. The highest BCUT2D eigenvalue weighted by atomic mass is 32.1. The van der Waals surface area contributed by atoms with E-state index in [-0.39, 0.29) is 11.8 Å². The highest BCUT2D eigenvalue weighted by Gasteiger charge is 2.24. The molecule has 2 heterocycles. The third kappa shape index (κ3) is 4.51. The summed E-state index contributed by atoms with van der Waals surface area (Å²) in [5.41, 5.74) is 1.73. The number of carbonyl (C=O) groups is 2. The molecule has 2 aromatic rings. The van der Waals surface area contributed by atoms with Crippen LogP contribution in [-0.4, -0.2) is 54.3 Å². The summed E-state index contributed by atoms with van der Waals surface area (Å²) in [5, 5.41) is 6.54. The minimum Gasteiger partial charge on any atom is -0.336 e. The normalized spacial score (nSPS) is 15.3. The van der Waals surface area contributed by atoms with Crippen molar-refractivity contribution in [2.75, 3.05) is 38.0 Å². The van der Waals surface area contributed by atoms with Gasteiger partial charge < -0.3 is 10.2 Å². The highest BCUT2D eigenvalue weighted by molar-refractivity contribution is 7.08. The maximum atomic E-state index is 13.0. The lowest BCUT2D eigenvalue weighted by Gasteiger charge is -2.35. The molecule has 26 heavy (non-hydrogen) atoms. The van der Waals surface area contributed by atoms with Crippen LogP contribution in [0.15, 0.2) is 41.1 Å². The Morgan fingerprint density at radius 3 is 2.50 bits per heavy atom. The van der Waals surface area contributed by atoms with Crippen LogP contribution in [0.2, 0.25) is 0 Å². The van der Waals surface area contributed by atoms with E-state index in [1.807, 2.05) is 22.4 Å². The molecule has 1 aliphatic heterocycles. The summed E-state index contributed by atoms with van der Waals surface area (Å²) in [6.07, 6.45) is 0. The molecule has 1 aromatic heterocycles. The molecule has 6 heteroatoms. The summed E-state index contributed by atoms with van der Waals surface area (Å²) in [5.74, 6) is 0.425. The summed E-state index contributed by atoms with van der Waals surface area (Å²) >= 11 is 1.48. The molecule has 0 saturated carbocycles. The maximum Gasteiger partial charge on any atom is 0.256 e. The molecule has 0 atom stereocenters. The molecule has 1 aromatic carbocycles. The Balaban J connectivity index is 1.68. The van der Waals surface area contributed by atoms with Gasteiger partial charge in [-0.3, -0.25) is 14.5 Å². The molecule has 0 bridgehead atoms. The number of nitrogens with zero attached hydrogens (tertiary/aromatic N) is 2. The lowest BCUT2D eigenvalue weighted by molar-refractivity contribution is 0.0625. The van der Waals surface area contributed by atoms with Gasteiger partial charge in [0.1, 0.15) is 0 Å². The Bertz CT molecular complexity index is 750. The van der Waals surface area contributed by atoms with E-state index in [1.54, 1.807) is 23.6 Å². The fraction of sp³-hybridized carbons (Fsp3) is 0.400. The fourth-order valence-corrected chi connectivity index (χ4v) is 3.82. The van der Waals surface area contributed by atoms with Crippen molar-refractivity contribution >= 4 is 28.8 Å². The molecule has 3 rings (SSSR count). The number of benzene rings is 1. The Hall–Kier alpha value is -2.18. The predicted molar refractivity (Wildman–Crippen MR) is 106 cm³/mol. The number of anilines is 1. The first-order valence-electron chi connectivity index (χ1n) is 8.99. The number of amides is 2. The lowest BCUT2D eigenvalue weighted by Crippen LogP contribution is -2.49. The van der Waals surface area contributed by atoms with Gasteiger partial charge in [-0.2, -0.15) is 11.3 Å². The standard InChI is InChI=1S/C20H25N3O2S/c1-15(2)13-22-8-10-23(11-9-22)20(25)17-5-3-4-6-18(17)21-19(24)16-7-12-26-14-16/h3-7,12,14-15H,8-11,13H2,1-2H3,(H,21,24). The first-order valence-corrected chi connectivity index (χ1v) is 9.93. The SMILES string of the molecule is CC(C)CN1CCN(C(=O)c2ccccc2NC(=O)c2ccsc2)CC1. The van der Waals surface area contributed by atoms with E-state index in [2.05, 4.69) is 24.1 Å². The van der Waals surface area contributed by atoms with E-state index in [1.165, 1.54) is 11.3 Å². The summed E-state index contributed by atoms with van der Waals surface area (Å²) in [7, 11) is 0. The van der Waals surface area contributed by atoms with Gasteiger partial charge in [0.05, 0.1) is 16.8 Å². The van der Waals surface area contributed by atoms with Crippen molar-refractivity contribution in [2.45, 2.75) is 13.8 Å². The van der Waals surface area contributed by atoms with E-state index in [0.717, 1.165) is 32.7 Å². The molecule has 1 saturated heterocycles. The zero-order chi connectivity index (χ0) is 18.5. The summed E-state index contributed by atoms with van der Waals surface area (Å²) < 4.78 is 0. The van der Waals surface area contributed by atoms with Crippen LogP contribution < -0.4 is 5.32 Å². The Morgan fingerprint density at radius 2 is 1.85 bits per heavy atom. The van der Waals surface area contributed by atoms with E-state index in [4.69, 9.17) is 0 Å². The molecule has 1 N–H and O–H groups in total. The quantitative estimate of drug-likeness (QED) is 0.876. The van der Waals surface area contributed by atoms with Gasteiger partial charge in [0, 0.05) is 38.1 Å². The minimum absolute atomic E-state index is 0.0181. The first kappa shape index (κ1) is 18.6. The summed E-state index contributed by atoms with van der Waals surface area (Å²) in [6, 6.07) is 9.01. The van der Waals surface area contributed by atoms with Gasteiger partial charge in [-0.15, -0.1) is 0 Å². The highest BCUT2D eigenvalue weighted by Crippen LogP contribution is 2.20. The Morgan fingerprint density at radius 1 is 1.12 bits per heavy atom. The van der Waals surface area contributed by atoms with E-state index in [9.17, 15) is 9.59 Å². The monoisotopic (exact) mass is 371 g/mol. The van der Waals surface area contributed by atoms with Crippen LogP contribution in [0.3, 0.4) is 0 Å². The molecule has 1 aliphatic rings. The number of nitrogens with one attached hydrogen (secondary N) is 1. The lowest BCUT2D eigenvalue weighted by atomic mass is 10.1. The third-order valence-corrected chi connectivity index (χ3v) is 5.16. The molecule has 0 unspecified atom stereocenters. The van der Waals surface area contributed by atoms with Crippen LogP contribution in [0, 0.1) is 5.92 Å². The third-order valence-electron chi connectivity index (χ3n) is 4.47. The molecular weight excluding hydrogens is 346 g/mol. The Labute approximate surface area is 158 Å². The zero-order valence-electron chi connectivity index (χ0n) is 15.3. The zero-order valence-corrected chi connectivity index (χ0v) is 16.1. The fourth-order valence-electron chi connectivity index (χ4n) is 3.19. The van der Waals surface area contributed by atoms with Crippen molar-refractivity contribution in [1.82, 2.24) is 9.80 Å². The molecule has 138 valence electrons. The number of hydrogen-bond donors (Lipinski definition) is 1. The molecule has 0 aliphatic carbocycles. The van der Waals surface area contributed by atoms with Crippen molar-refractivity contribution in [3.8, 4) is 0 Å². The van der Waals surface area contributed by atoms with Gasteiger partial charge in [-0.25, -0.2) is 0 Å². The number of thiophene rings is 1. The summed E-state index contributed by atoms with van der Waals surface area (Å²) in [6.45, 7) is 8.72. The number of carbonyl (C=O) groups excluding carboxylic acids is 2. The van der Waals surface area contributed by atoms with E-state index < -0.39 is 0 Å². The van der Waals surface area contributed by atoms with Gasteiger partial charge in [0.15, 0.2) is 0 Å². The first-order chi connectivity index (χ1) is 12.5. The molecule has 5 nitrogen and oxygen atoms in total. The van der Waals surface area contributed by atoms with Crippen LogP contribution in [-0.2, 0) is 0 Å². The van der Waals surface area contributed by atoms with Crippen LogP contribution in [0.25, 0.3) is 0 Å². The number of hydrogen-bond acceptors (Lipinski definition) is 4. The van der Waals surface area contributed by atoms with Crippen LogP contribution in [0.5, 0.6) is 0 Å². The van der Waals surface area contributed by atoms with E-state index in [0.29, 0.717) is 22.7 Å². The average molecular weight is 372 g/mol. The van der Waals surface area contributed by atoms with E-state index >= 15 is 0 Å². The van der Waals surface area contributed by atoms with Crippen molar-refractivity contribution in [3.05, 3.63) is 52.2 Å². The summed E-state index contributed by atoms with van der Waals surface area (Å²) in [4.78, 5) is 29.6. The second-order valence-electron chi connectivity index (χ2n) is 7.00. The van der Waals surface area contributed by atoms with Crippen molar-refractivity contribution in [1.29, 1.82) is 0 Å². The van der Waals surface area contributed by atoms with Crippen LogP contribution >= 0.6 is 11.3 Å². The molecule has 0 spiro atoms. The largest absolute Gasteiger partial charge is 0.336 e. The van der Waals surface area contributed by atoms with Gasteiger partial charge in [-0.05, 0) is 29.5 Å². The molecule has 2 amide bonds. The van der Waals surface area contributed by atoms with Gasteiger partial charge in [-0.1, -0.05) is 26.0 Å². The van der Waals surface area contributed by atoms with Crippen LogP contribution in [0.1, 0.15) is 34.6 Å². The van der Waals surface area contributed by atoms with Crippen molar-refractivity contribution < 1.29 is 9.59 Å². The maximum absolute atomic E-state index is 13.0. The average Bonchev–Trinajstić information content (AvgIpc) is 3.17. The van der Waals surface area contributed by atoms with Crippen LogP contribution in [0.4, 0.5) is 5.69 Å².